The molecule has 0 aliphatic carbocycles. The van der Waals surface area contributed by atoms with Crippen molar-refractivity contribution in [2.24, 2.45) is 0 Å². The Bertz CT molecular complexity index is 1740. The number of imide groups is 1. The molecular formula is C29H20F2N4O3S. The van der Waals surface area contributed by atoms with E-state index in [1.165, 1.54) is 0 Å². The molecule has 0 spiro atoms. The van der Waals surface area contributed by atoms with Gasteiger partial charge in [-0.2, -0.15) is 5.26 Å². The van der Waals surface area contributed by atoms with Gasteiger partial charge in [0.25, 0.3) is 11.1 Å². The molecule has 3 aromatic carbocycles. The van der Waals surface area contributed by atoms with Crippen molar-refractivity contribution in [2.45, 2.75) is 13.5 Å². The SMILES string of the molecule is Cc1c(/C=C2\SC(=O)N(CC(=O)Nc3ccc(F)cc3F)C2=O)c2ccccc2n1Cc1ccccc1C#N. The molecule has 1 aliphatic rings. The number of benzene rings is 3. The smallest absolute Gasteiger partial charge is 0.294 e. The molecular weight excluding hydrogens is 522 g/mol. The van der Waals surface area contributed by atoms with Gasteiger partial charge in [-0.3, -0.25) is 19.3 Å². The van der Waals surface area contributed by atoms with Crippen molar-refractivity contribution in [3.8, 4) is 6.07 Å². The minimum absolute atomic E-state index is 0.143. The predicted octanol–water partition coefficient (Wildman–Crippen LogP) is 5.82. The summed E-state index contributed by atoms with van der Waals surface area (Å²) in [4.78, 5) is 39.1. The van der Waals surface area contributed by atoms with E-state index >= 15 is 0 Å². The van der Waals surface area contributed by atoms with Crippen molar-refractivity contribution < 1.29 is 23.2 Å². The van der Waals surface area contributed by atoms with Crippen molar-refractivity contribution in [1.82, 2.24) is 9.47 Å². The molecule has 7 nitrogen and oxygen atoms in total. The number of nitriles is 1. The molecule has 0 bridgehead atoms. The zero-order valence-electron chi connectivity index (χ0n) is 20.6. The van der Waals surface area contributed by atoms with Crippen molar-refractivity contribution in [3.05, 3.63) is 106 Å². The average molecular weight is 543 g/mol. The Morgan fingerprint density at radius 3 is 2.59 bits per heavy atom. The summed E-state index contributed by atoms with van der Waals surface area (Å²) in [6.45, 7) is 1.71. The quantitative estimate of drug-likeness (QED) is 0.310. The first-order valence-electron chi connectivity index (χ1n) is 11.8. The van der Waals surface area contributed by atoms with Crippen LogP contribution in [0.25, 0.3) is 17.0 Å². The number of aromatic nitrogens is 1. The third-order valence-corrected chi connectivity index (χ3v) is 7.31. The van der Waals surface area contributed by atoms with E-state index in [1.54, 1.807) is 18.2 Å². The summed E-state index contributed by atoms with van der Waals surface area (Å²) in [5.41, 5.74) is 3.62. The largest absolute Gasteiger partial charge is 0.340 e. The Balaban J connectivity index is 1.43. The number of fused-ring (bicyclic) bond motifs is 1. The van der Waals surface area contributed by atoms with Crippen molar-refractivity contribution >= 4 is 51.5 Å². The fourth-order valence-corrected chi connectivity index (χ4v) is 5.29. The van der Waals surface area contributed by atoms with E-state index < -0.39 is 35.2 Å². The maximum absolute atomic E-state index is 13.9. The van der Waals surface area contributed by atoms with E-state index in [0.717, 1.165) is 44.8 Å². The van der Waals surface area contributed by atoms with Crippen LogP contribution in [0.5, 0.6) is 0 Å². The average Bonchev–Trinajstić information content (AvgIpc) is 3.33. The fourth-order valence-electron chi connectivity index (χ4n) is 4.47. The highest BCUT2D eigenvalue weighted by Gasteiger charge is 2.36. The molecule has 4 aromatic rings. The lowest BCUT2D eigenvalue weighted by atomic mass is 10.1. The third kappa shape index (κ3) is 5.04. The van der Waals surface area contributed by atoms with E-state index in [-0.39, 0.29) is 10.6 Å². The summed E-state index contributed by atoms with van der Waals surface area (Å²) in [5, 5.41) is 12.0. The Labute approximate surface area is 226 Å². The number of nitrogens with one attached hydrogen (secondary N) is 1. The molecule has 0 unspecified atom stereocenters. The number of halogens is 2. The van der Waals surface area contributed by atoms with Crippen molar-refractivity contribution in [3.63, 3.8) is 0 Å². The van der Waals surface area contributed by atoms with Crippen molar-refractivity contribution in [2.75, 3.05) is 11.9 Å². The second kappa shape index (κ2) is 10.6. The van der Waals surface area contributed by atoms with Gasteiger partial charge in [0.1, 0.15) is 18.2 Å². The predicted molar refractivity (Wildman–Crippen MR) is 145 cm³/mol. The summed E-state index contributed by atoms with van der Waals surface area (Å²) >= 11 is 0.709. The first-order valence-corrected chi connectivity index (χ1v) is 12.6. The lowest BCUT2D eigenvalue weighted by Crippen LogP contribution is -2.36. The van der Waals surface area contributed by atoms with Crippen LogP contribution in [0.15, 0.2) is 71.6 Å². The number of thioether (sulfide) groups is 1. The first kappa shape index (κ1) is 25.9. The minimum Gasteiger partial charge on any atom is -0.340 e. The van der Waals surface area contributed by atoms with Crippen molar-refractivity contribution in [1.29, 1.82) is 5.26 Å². The number of nitrogens with zero attached hydrogens (tertiary/aromatic N) is 3. The maximum atomic E-state index is 13.9. The zero-order valence-corrected chi connectivity index (χ0v) is 21.4. The van der Waals surface area contributed by atoms with E-state index in [9.17, 15) is 28.4 Å². The summed E-state index contributed by atoms with van der Waals surface area (Å²) in [5.74, 6) is -3.21. The lowest BCUT2D eigenvalue weighted by molar-refractivity contribution is -0.127. The van der Waals surface area contributed by atoms with Gasteiger partial charge < -0.3 is 9.88 Å². The molecule has 0 saturated carbocycles. The van der Waals surface area contributed by atoms with Gasteiger partial charge in [0.15, 0.2) is 0 Å². The highest BCUT2D eigenvalue weighted by atomic mass is 32.2. The molecule has 1 N–H and O–H groups in total. The van der Waals surface area contributed by atoms with Crippen LogP contribution in [0.4, 0.5) is 19.3 Å². The minimum atomic E-state index is -0.971. The number of rotatable bonds is 6. The van der Waals surface area contributed by atoms with Crippen LogP contribution in [0, 0.1) is 29.9 Å². The van der Waals surface area contributed by atoms with Crippen LogP contribution in [-0.4, -0.2) is 33.1 Å². The molecule has 1 aromatic heterocycles. The zero-order chi connectivity index (χ0) is 27.7. The molecule has 5 rings (SSSR count). The Kier molecular flexibility index (Phi) is 7.00. The molecule has 0 atom stereocenters. The molecule has 2 heterocycles. The van der Waals surface area contributed by atoms with Gasteiger partial charge in [-0.15, -0.1) is 0 Å². The van der Waals surface area contributed by atoms with Crippen LogP contribution in [0.3, 0.4) is 0 Å². The van der Waals surface area contributed by atoms with Gasteiger partial charge in [0, 0.05) is 34.8 Å². The number of anilines is 1. The topological polar surface area (TPSA) is 95.2 Å². The van der Waals surface area contributed by atoms with Gasteiger partial charge in [-0.1, -0.05) is 36.4 Å². The number of carbonyl (C=O) groups is 3. The fraction of sp³-hybridized carbons (Fsp3) is 0.103. The maximum Gasteiger partial charge on any atom is 0.294 e. The van der Waals surface area contributed by atoms with E-state index in [4.69, 9.17) is 0 Å². The van der Waals surface area contributed by atoms with Gasteiger partial charge in [-0.25, -0.2) is 8.78 Å². The molecule has 1 aliphatic heterocycles. The number of para-hydroxylation sites is 1. The summed E-state index contributed by atoms with van der Waals surface area (Å²) in [7, 11) is 0. The highest BCUT2D eigenvalue weighted by molar-refractivity contribution is 8.18. The Morgan fingerprint density at radius 1 is 1.08 bits per heavy atom. The molecule has 1 fully saturated rings. The van der Waals surface area contributed by atoms with Crippen LogP contribution in [0.1, 0.15) is 22.4 Å². The molecule has 194 valence electrons. The molecule has 3 amide bonds. The van der Waals surface area contributed by atoms with Gasteiger partial charge in [0.2, 0.25) is 5.91 Å². The van der Waals surface area contributed by atoms with Crippen LogP contribution in [-0.2, 0) is 16.1 Å². The first-order chi connectivity index (χ1) is 18.8. The van der Waals surface area contributed by atoms with Gasteiger partial charge >= 0.3 is 0 Å². The standard InChI is InChI=1S/C29H20F2N4O3S/c1-17-22(21-8-4-5-9-25(21)34(17)15-19-7-3-2-6-18(19)14-32)13-26-28(37)35(29(38)39-26)16-27(36)33-24-11-10-20(30)12-23(24)31/h2-13H,15-16H2,1H3,(H,33,36)/b26-13-. The Hall–Kier alpha value is -4.75. The van der Waals surface area contributed by atoms with Crippen LogP contribution in [0.2, 0.25) is 0 Å². The Morgan fingerprint density at radius 2 is 1.82 bits per heavy atom. The van der Waals surface area contributed by atoms with Gasteiger partial charge in [-0.05, 0) is 54.6 Å². The van der Waals surface area contributed by atoms with Crippen LogP contribution >= 0.6 is 11.8 Å². The molecule has 10 heteroatoms. The number of carbonyl (C=O) groups excluding carboxylic acids is 3. The third-order valence-electron chi connectivity index (χ3n) is 6.40. The molecule has 39 heavy (non-hydrogen) atoms. The lowest BCUT2D eigenvalue weighted by Gasteiger charge is -2.12. The van der Waals surface area contributed by atoms with Gasteiger partial charge in [0.05, 0.1) is 22.2 Å². The van der Waals surface area contributed by atoms with E-state index in [1.807, 2.05) is 47.9 Å². The number of hydrogen-bond acceptors (Lipinski definition) is 5. The summed E-state index contributed by atoms with van der Waals surface area (Å²) < 4.78 is 29.1. The van der Waals surface area contributed by atoms with Crippen LogP contribution < -0.4 is 5.32 Å². The molecule has 1 saturated heterocycles. The highest BCUT2D eigenvalue weighted by Crippen LogP contribution is 2.36. The second-order valence-corrected chi connectivity index (χ2v) is 9.80. The number of hydrogen-bond donors (Lipinski definition) is 1. The molecule has 0 radical (unpaired) electrons. The van der Waals surface area contributed by atoms with E-state index in [2.05, 4.69) is 11.4 Å². The summed E-state index contributed by atoms with van der Waals surface area (Å²) in [6, 6.07) is 19.8. The summed E-state index contributed by atoms with van der Waals surface area (Å²) in [6.07, 6.45) is 1.63. The monoisotopic (exact) mass is 542 g/mol. The number of amides is 3. The second-order valence-electron chi connectivity index (χ2n) is 8.81. The normalized spacial score (nSPS) is 14.3. The van der Waals surface area contributed by atoms with E-state index in [0.29, 0.717) is 29.9 Å².